The van der Waals surface area contributed by atoms with Crippen molar-refractivity contribution >= 4 is 17.6 Å². The Labute approximate surface area is 222 Å². The van der Waals surface area contributed by atoms with Crippen molar-refractivity contribution in [1.29, 1.82) is 0 Å². The summed E-state index contributed by atoms with van der Waals surface area (Å²) in [7, 11) is 0. The fourth-order valence-electron chi connectivity index (χ4n) is 5.68. The number of anilines is 1. The summed E-state index contributed by atoms with van der Waals surface area (Å²) in [6.45, 7) is 7.80. The maximum Gasteiger partial charge on any atom is 0.338 e. The molecule has 3 aromatic rings. The van der Waals surface area contributed by atoms with Crippen molar-refractivity contribution in [1.82, 2.24) is 0 Å². The van der Waals surface area contributed by atoms with Crippen LogP contribution in [0.3, 0.4) is 0 Å². The monoisotopic (exact) mass is 519 g/mol. The minimum absolute atomic E-state index is 0.0690. The zero-order valence-corrected chi connectivity index (χ0v) is 22.2. The number of benzene rings is 3. The van der Waals surface area contributed by atoms with E-state index in [-0.39, 0.29) is 31.6 Å². The number of aromatic hydroxyl groups is 1. The average molecular weight is 520 g/mol. The molecule has 0 spiro atoms. The molecule has 7 heteroatoms. The number of amides is 1. The van der Waals surface area contributed by atoms with Crippen molar-refractivity contribution in [2.24, 2.45) is 0 Å². The highest BCUT2D eigenvalue weighted by Crippen LogP contribution is 2.43. The van der Waals surface area contributed by atoms with Crippen LogP contribution in [0, 0.1) is 5.82 Å². The molecule has 1 aliphatic rings. The first kappa shape index (κ1) is 27.3. The molecule has 0 aromatic heterocycles. The number of esters is 1. The summed E-state index contributed by atoms with van der Waals surface area (Å²) in [5, 5.41) is 25.4. The molecule has 1 unspecified atom stereocenters. The van der Waals surface area contributed by atoms with Gasteiger partial charge < -0.3 is 20.3 Å². The van der Waals surface area contributed by atoms with Crippen LogP contribution in [-0.2, 0) is 27.0 Å². The molecule has 3 N–H and O–H groups in total. The Morgan fingerprint density at radius 3 is 2.37 bits per heavy atom. The van der Waals surface area contributed by atoms with E-state index in [1.807, 2.05) is 58.0 Å². The first-order chi connectivity index (χ1) is 17.8. The number of fused-ring (bicyclic) bond motifs is 1. The highest BCUT2D eigenvalue weighted by Gasteiger charge is 2.42. The minimum atomic E-state index is -1.51. The van der Waals surface area contributed by atoms with Gasteiger partial charge in [-0.05, 0) is 65.6 Å². The van der Waals surface area contributed by atoms with Crippen LogP contribution >= 0.6 is 0 Å². The van der Waals surface area contributed by atoms with Gasteiger partial charge in [0.15, 0.2) is 0 Å². The molecule has 200 valence electrons. The number of carbonyl (C=O) groups excluding carboxylic acids is 2. The molecule has 1 aliphatic heterocycles. The topological polar surface area (TPSA) is 95.9 Å². The first-order valence-corrected chi connectivity index (χ1v) is 12.6. The van der Waals surface area contributed by atoms with Gasteiger partial charge in [0.1, 0.15) is 18.2 Å². The normalized spacial score (nSPS) is 14.9. The molecule has 1 heterocycles. The zero-order chi connectivity index (χ0) is 27.7. The lowest BCUT2D eigenvalue weighted by Gasteiger charge is -2.41. The second-order valence-corrected chi connectivity index (χ2v) is 11.5. The van der Waals surface area contributed by atoms with Gasteiger partial charge in [-0.15, -0.1) is 0 Å². The SMILES string of the molecule is CC(C)(CC(O)(CC(=O)Nc1ccc2c(c1)COC2=O)CC(C)(C)c1cc(F)ccc1O)c1ccccc1. The lowest BCUT2D eigenvalue weighted by Crippen LogP contribution is -2.44. The molecule has 0 saturated carbocycles. The van der Waals surface area contributed by atoms with Gasteiger partial charge in [0.25, 0.3) is 0 Å². The third-order valence-corrected chi connectivity index (χ3v) is 7.24. The Kier molecular flexibility index (Phi) is 7.35. The van der Waals surface area contributed by atoms with Crippen molar-refractivity contribution in [3.05, 3.63) is 94.8 Å². The Morgan fingerprint density at radius 2 is 1.66 bits per heavy atom. The maximum atomic E-state index is 14.1. The molecule has 0 radical (unpaired) electrons. The number of carbonyl (C=O) groups is 2. The van der Waals surface area contributed by atoms with E-state index in [1.54, 1.807) is 18.2 Å². The largest absolute Gasteiger partial charge is 0.508 e. The second-order valence-electron chi connectivity index (χ2n) is 11.5. The summed E-state index contributed by atoms with van der Waals surface area (Å²) in [5.74, 6) is -1.35. The average Bonchev–Trinajstić information content (AvgIpc) is 3.19. The van der Waals surface area contributed by atoms with Gasteiger partial charge >= 0.3 is 5.97 Å². The van der Waals surface area contributed by atoms with Crippen LogP contribution in [0.25, 0.3) is 0 Å². The van der Waals surface area contributed by atoms with E-state index in [0.29, 0.717) is 22.4 Å². The molecule has 0 saturated heterocycles. The number of hydrogen-bond donors (Lipinski definition) is 3. The molecule has 4 rings (SSSR count). The van der Waals surface area contributed by atoms with Gasteiger partial charge in [0.2, 0.25) is 5.91 Å². The number of rotatable bonds is 9. The molecule has 1 amide bonds. The standard InChI is InChI=1S/C31H34FNO5/c1-29(2,21-8-6-5-7-9-21)18-31(37,19-30(3,4)25-15-22(32)10-13-26(25)34)16-27(35)33-23-11-12-24-20(14-23)17-38-28(24)36/h5-15,34,37H,16-19H2,1-4H3,(H,33,35). The predicted molar refractivity (Wildman–Crippen MR) is 144 cm³/mol. The van der Waals surface area contributed by atoms with Crippen molar-refractivity contribution in [3.63, 3.8) is 0 Å². The van der Waals surface area contributed by atoms with E-state index in [4.69, 9.17) is 4.74 Å². The summed E-state index contributed by atoms with van der Waals surface area (Å²) in [4.78, 5) is 25.0. The van der Waals surface area contributed by atoms with Crippen molar-refractivity contribution in [3.8, 4) is 5.75 Å². The van der Waals surface area contributed by atoms with Crippen LogP contribution in [0.5, 0.6) is 5.75 Å². The summed E-state index contributed by atoms with van der Waals surface area (Å²) in [5.41, 5.74) is 0.156. The Balaban J connectivity index is 1.62. The Hall–Kier alpha value is -3.71. The Bertz CT molecular complexity index is 1350. The van der Waals surface area contributed by atoms with Crippen LogP contribution in [-0.4, -0.2) is 27.7 Å². The van der Waals surface area contributed by atoms with Gasteiger partial charge in [-0.3, -0.25) is 4.79 Å². The summed E-state index contributed by atoms with van der Waals surface area (Å²) in [6, 6.07) is 18.4. The van der Waals surface area contributed by atoms with Crippen LogP contribution in [0.4, 0.5) is 10.1 Å². The second kappa shape index (κ2) is 10.2. The molecular formula is C31H34FNO5. The van der Waals surface area contributed by atoms with E-state index >= 15 is 0 Å². The Morgan fingerprint density at radius 1 is 0.974 bits per heavy atom. The summed E-state index contributed by atoms with van der Waals surface area (Å²) < 4.78 is 19.1. The predicted octanol–water partition coefficient (Wildman–Crippen LogP) is 6.00. The van der Waals surface area contributed by atoms with Gasteiger partial charge in [-0.25, -0.2) is 9.18 Å². The van der Waals surface area contributed by atoms with E-state index in [9.17, 15) is 24.2 Å². The third kappa shape index (κ3) is 6.05. The number of cyclic esters (lactones) is 1. The van der Waals surface area contributed by atoms with Crippen molar-refractivity contribution < 1.29 is 28.9 Å². The number of nitrogens with one attached hydrogen (secondary N) is 1. The molecular weight excluding hydrogens is 485 g/mol. The van der Waals surface area contributed by atoms with Crippen LogP contribution in [0.1, 0.15) is 74.0 Å². The van der Waals surface area contributed by atoms with E-state index < -0.39 is 34.1 Å². The number of halogens is 1. The maximum absolute atomic E-state index is 14.1. The number of phenolic OH excluding ortho intramolecular Hbond substituents is 1. The quantitative estimate of drug-likeness (QED) is 0.302. The van der Waals surface area contributed by atoms with Crippen molar-refractivity contribution in [2.45, 2.75) is 70.0 Å². The summed E-state index contributed by atoms with van der Waals surface area (Å²) in [6.07, 6.45) is 0.103. The van der Waals surface area contributed by atoms with Crippen LogP contribution in [0.2, 0.25) is 0 Å². The lowest BCUT2D eigenvalue weighted by molar-refractivity contribution is -0.123. The number of aliphatic hydroxyl groups is 1. The number of hydrogen-bond acceptors (Lipinski definition) is 5. The highest BCUT2D eigenvalue weighted by molar-refractivity contribution is 5.96. The third-order valence-electron chi connectivity index (χ3n) is 7.24. The van der Waals surface area contributed by atoms with E-state index in [2.05, 4.69) is 5.32 Å². The molecule has 3 aromatic carbocycles. The lowest BCUT2D eigenvalue weighted by atomic mass is 9.67. The van der Waals surface area contributed by atoms with Crippen LogP contribution in [0.15, 0.2) is 66.7 Å². The molecule has 1 atom stereocenters. The molecule has 0 fully saturated rings. The van der Waals surface area contributed by atoms with Gasteiger partial charge in [-0.1, -0.05) is 58.0 Å². The molecule has 0 bridgehead atoms. The highest BCUT2D eigenvalue weighted by atomic mass is 19.1. The fourth-order valence-corrected chi connectivity index (χ4v) is 5.68. The van der Waals surface area contributed by atoms with Gasteiger partial charge in [0, 0.05) is 16.8 Å². The smallest absolute Gasteiger partial charge is 0.338 e. The zero-order valence-electron chi connectivity index (χ0n) is 22.2. The number of phenols is 1. The molecule has 0 aliphatic carbocycles. The minimum Gasteiger partial charge on any atom is -0.508 e. The van der Waals surface area contributed by atoms with E-state index in [1.165, 1.54) is 18.2 Å². The van der Waals surface area contributed by atoms with E-state index in [0.717, 1.165) is 5.56 Å². The number of ether oxygens (including phenoxy) is 1. The first-order valence-electron chi connectivity index (χ1n) is 12.6. The van der Waals surface area contributed by atoms with Gasteiger partial charge in [-0.2, -0.15) is 0 Å². The van der Waals surface area contributed by atoms with Crippen molar-refractivity contribution in [2.75, 3.05) is 5.32 Å². The van der Waals surface area contributed by atoms with Crippen LogP contribution < -0.4 is 5.32 Å². The van der Waals surface area contributed by atoms with Gasteiger partial charge in [0.05, 0.1) is 17.6 Å². The summed E-state index contributed by atoms with van der Waals surface area (Å²) >= 11 is 0. The fraction of sp³-hybridized carbons (Fsp3) is 0.355. The molecule has 6 nitrogen and oxygen atoms in total. The molecule has 38 heavy (non-hydrogen) atoms.